The molecule has 0 bridgehead atoms. The van der Waals surface area contributed by atoms with Gasteiger partial charge in [0.25, 0.3) is 0 Å². The van der Waals surface area contributed by atoms with E-state index in [9.17, 15) is 10.1 Å². The summed E-state index contributed by atoms with van der Waals surface area (Å²) in [5.74, 6) is 0.585. The molecular formula is C25H38N6O2. The van der Waals surface area contributed by atoms with Crippen LogP contribution in [-0.2, 0) is 17.6 Å². The molecule has 8 nitrogen and oxygen atoms in total. The second kappa shape index (κ2) is 12.5. The molecule has 1 amide bonds. The number of hydrogen-bond donors (Lipinski definition) is 2. The molecule has 180 valence electrons. The van der Waals surface area contributed by atoms with E-state index in [4.69, 9.17) is 14.7 Å². The lowest BCUT2D eigenvalue weighted by Crippen LogP contribution is -2.39. The Bertz CT molecular complexity index is 863. The third-order valence-electron chi connectivity index (χ3n) is 6.36. The molecule has 3 rings (SSSR count). The third kappa shape index (κ3) is 7.16. The first-order valence-electron chi connectivity index (χ1n) is 12.4. The van der Waals surface area contributed by atoms with Crippen molar-refractivity contribution in [2.75, 3.05) is 25.0 Å². The standard InChI is InChI=1S/C25H38N6O2/c1-4-5-12-23(32)28-19(13-14-26)16-27-24-21-10-6-7-11-22(21)29-25(30-24)33-17-20-9-8-15-31(20)18(2)3/h5,12,18-20H,4,6-11,13,15-17H2,1-3H3,(H,28,32)(H,27,29,30)/b12-5+/t19-,20-/m0/s1. The van der Waals surface area contributed by atoms with Gasteiger partial charge in [-0.2, -0.15) is 15.2 Å². The lowest BCUT2D eigenvalue weighted by atomic mass is 9.96. The van der Waals surface area contributed by atoms with Crippen LogP contribution >= 0.6 is 0 Å². The van der Waals surface area contributed by atoms with Crippen molar-refractivity contribution in [1.82, 2.24) is 20.2 Å². The molecular weight excluding hydrogens is 416 g/mol. The van der Waals surface area contributed by atoms with Crippen molar-refractivity contribution in [2.24, 2.45) is 0 Å². The Kier molecular flexibility index (Phi) is 9.49. The summed E-state index contributed by atoms with van der Waals surface area (Å²) in [6.07, 6.45) is 10.7. The molecule has 1 aliphatic carbocycles. The molecule has 2 atom stereocenters. The lowest BCUT2D eigenvalue weighted by Gasteiger charge is -2.28. The van der Waals surface area contributed by atoms with E-state index >= 15 is 0 Å². The maximum absolute atomic E-state index is 12.1. The fraction of sp³-hybridized carbons (Fsp3) is 0.680. The summed E-state index contributed by atoms with van der Waals surface area (Å²) in [5, 5.41) is 15.5. The van der Waals surface area contributed by atoms with Crippen LogP contribution in [0.25, 0.3) is 0 Å². The van der Waals surface area contributed by atoms with Crippen LogP contribution in [0.1, 0.15) is 70.6 Å². The highest BCUT2D eigenvalue weighted by molar-refractivity contribution is 5.87. The minimum Gasteiger partial charge on any atom is -0.462 e. The smallest absolute Gasteiger partial charge is 0.318 e. The largest absolute Gasteiger partial charge is 0.462 e. The number of nitrogens with zero attached hydrogens (tertiary/aromatic N) is 4. The number of allylic oxidation sites excluding steroid dienone is 1. The molecule has 1 aromatic rings. The Morgan fingerprint density at radius 1 is 1.30 bits per heavy atom. The summed E-state index contributed by atoms with van der Waals surface area (Å²) in [6.45, 7) is 8.56. The highest BCUT2D eigenvalue weighted by atomic mass is 16.5. The zero-order chi connectivity index (χ0) is 23.6. The van der Waals surface area contributed by atoms with E-state index in [0.29, 0.717) is 31.2 Å². The van der Waals surface area contributed by atoms with Crippen LogP contribution in [0.4, 0.5) is 5.82 Å². The highest BCUT2D eigenvalue weighted by Crippen LogP contribution is 2.28. The third-order valence-corrected chi connectivity index (χ3v) is 6.36. The number of ether oxygens (including phenoxy) is 1. The van der Waals surface area contributed by atoms with E-state index in [1.54, 1.807) is 6.08 Å². The molecule has 8 heteroatoms. The van der Waals surface area contributed by atoms with Crippen LogP contribution in [-0.4, -0.2) is 58.6 Å². The van der Waals surface area contributed by atoms with Crippen LogP contribution in [0.2, 0.25) is 0 Å². The first kappa shape index (κ1) is 25.0. The minimum absolute atomic E-state index is 0.182. The number of carbonyl (C=O) groups is 1. The molecule has 1 fully saturated rings. The zero-order valence-corrected chi connectivity index (χ0v) is 20.3. The van der Waals surface area contributed by atoms with Crippen molar-refractivity contribution in [3.8, 4) is 12.1 Å². The fourth-order valence-electron chi connectivity index (χ4n) is 4.65. The van der Waals surface area contributed by atoms with Crippen LogP contribution in [0, 0.1) is 11.3 Å². The van der Waals surface area contributed by atoms with Crippen molar-refractivity contribution in [2.45, 2.75) is 90.3 Å². The van der Waals surface area contributed by atoms with E-state index in [0.717, 1.165) is 62.1 Å². The summed E-state index contributed by atoms with van der Waals surface area (Å²) in [4.78, 5) is 24.0. The van der Waals surface area contributed by atoms with Crippen LogP contribution in [0.15, 0.2) is 12.2 Å². The topological polar surface area (TPSA) is 103 Å². The van der Waals surface area contributed by atoms with Crippen molar-refractivity contribution in [3.63, 3.8) is 0 Å². The molecule has 1 aromatic heterocycles. The summed E-state index contributed by atoms with van der Waals surface area (Å²) < 4.78 is 6.11. The van der Waals surface area contributed by atoms with Gasteiger partial charge < -0.3 is 15.4 Å². The van der Waals surface area contributed by atoms with E-state index < -0.39 is 0 Å². The molecule has 2 heterocycles. The summed E-state index contributed by atoms with van der Waals surface area (Å²) in [5.41, 5.74) is 2.18. The zero-order valence-electron chi connectivity index (χ0n) is 20.3. The van der Waals surface area contributed by atoms with Gasteiger partial charge in [0.2, 0.25) is 5.91 Å². The minimum atomic E-state index is -0.305. The number of fused-ring (bicyclic) bond motifs is 1. The average molecular weight is 455 g/mol. The number of anilines is 1. The highest BCUT2D eigenvalue weighted by Gasteiger charge is 2.28. The van der Waals surface area contributed by atoms with Crippen LogP contribution < -0.4 is 15.4 Å². The fourth-order valence-corrected chi connectivity index (χ4v) is 4.65. The van der Waals surface area contributed by atoms with Gasteiger partial charge in [0.1, 0.15) is 12.4 Å². The van der Waals surface area contributed by atoms with Gasteiger partial charge in [0, 0.05) is 24.2 Å². The first-order chi connectivity index (χ1) is 16.0. The number of likely N-dealkylation sites (tertiary alicyclic amines) is 1. The van der Waals surface area contributed by atoms with Gasteiger partial charge in [-0.3, -0.25) is 9.69 Å². The van der Waals surface area contributed by atoms with Crippen molar-refractivity contribution in [1.29, 1.82) is 5.26 Å². The number of nitriles is 1. The van der Waals surface area contributed by atoms with E-state index in [1.165, 1.54) is 12.5 Å². The maximum atomic E-state index is 12.1. The second-order valence-corrected chi connectivity index (χ2v) is 9.19. The second-order valence-electron chi connectivity index (χ2n) is 9.19. The monoisotopic (exact) mass is 454 g/mol. The molecule has 1 saturated heterocycles. The predicted molar refractivity (Wildman–Crippen MR) is 129 cm³/mol. The van der Waals surface area contributed by atoms with Gasteiger partial charge in [-0.05, 0) is 71.4 Å². The van der Waals surface area contributed by atoms with Gasteiger partial charge in [-0.25, -0.2) is 0 Å². The van der Waals surface area contributed by atoms with Crippen LogP contribution in [0.5, 0.6) is 6.01 Å². The van der Waals surface area contributed by atoms with Gasteiger partial charge in [-0.15, -0.1) is 0 Å². The van der Waals surface area contributed by atoms with E-state index in [1.807, 2.05) is 6.92 Å². The van der Waals surface area contributed by atoms with Crippen molar-refractivity contribution < 1.29 is 9.53 Å². The van der Waals surface area contributed by atoms with Gasteiger partial charge in [-0.1, -0.05) is 13.0 Å². The lowest BCUT2D eigenvalue weighted by molar-refractivity contribution is -0.117. The molecule has 0 spiro atoms. The number of nitrogens with one attached hydrogen (secondary N) is 2. The molecule has 2 aliphatic rings. The normalized spacial score (nSPS) is 19.3. The Balaban J connectivity index is 1.69. The Morgan fingerprint density at radius 3 is 2.88 bits per heavy atom. The molecule has 0 radical (unpaired) electrons. The first-order valence-corrected chi connectivity index (χ1v) is 12.4. The average Bonchev–Trinajstić information content (AvgIpc) is 3.29. The number of carbonyl (C=O) groups excluding carboxylic acids is 1. The van der Waals surface area contributed by atoms with Gasteiger partial charge in [0.05, 0.1) is 24.2 Å². The number of aromatic nitrogens is 2. The quantitative estimate of drug-likeness (QED) is 0.494. The Hall–Kier alpha value is -2.66. The predicted octanol–water partition coefficient (Wildman–Crippen LogP) is 3.38. The summed E-state index contributed by atoms with van der Waals surface area (Å²) >= 11 is 0. The molecule has 0 unspecified atom stereocenters. The van der Waals surface area contributed by atoms with Crippen molar-refractivity contribution >= 4 is 11.7 Å². The maximum Gasteiger partial charge on any atom is 0.318 e. The van der Waals surface area contributed by atoms with Crippen molar-refractivity contribution in [3.05, 3.63) is 23.4 Å². The van der Waals surface area contributed by atoms with Gasteiger partial charge in [0.15, 0.2) is 0 Å². The van der Waals surface area contributed by atoms with Crippen LogP contribution in [0.3, 0.4) is 0 Å². The van der Waals surface area contributed by atoms with E-state index in [2.05, 4.69) is 35.5 Å². The number of hydrogen-bond acceptors (Lipinski definition) is 7. The van der Waals surface area contributed by atoms with Gasteiger partial charge >= 0.3 is 6.01 Å². The Morgan fingerprint density at radius 2 is 2.12 bits per heavy atom. The molecule has 0 aromatic carbocycles. The number of rotatable bonds is 11. The Labute approximate surface area is 197 Å². The van der Waals surface area contributed by atoms with E-state index in [-0.39, 0.29) is 18.4 Å². The molecule has 1 aliphatic heterocycles. The number of aryl methyl sites for hydroxylation is 1. The molecule has 0 saturated carbocycles. The molecule has 2 N–H and O–H groups in total. The molecule has 33 heavy (non-hydrogen) atoms. The number of amides is 1. The summed E-state index contributed by atoms with van der Waals surface area (Å²) in [7, 11) is 0. The summed E-state index contributed by atoms with van der Waals surface area (Å²) in [6, 6.07) is 3.17. The SMILES string of the molecule is CC/C=C/C(=O)N[C@@H](CC#N)CNc1nc(OC[C@@H]2CCCN2C(C)C)nc2c1CCCC2.